The third-order valence-electron chi connectivity index (χ3n) is 4.77. The van der Waals surface area contributed by atoms with Crippen molar-refractivity contribution in [1.29, 1.82) is 0 Å². The number of anilines is 1. The number of carbonyl (C=O) groups excluding carboxylic acids is 1. The van der Waals surface area contributed by atoms with Gasteiger partial charge in [0.25, 0.3) is 5.56 Å². The molecule has 0 aliphatic rings. The largest absolute Gasteiger partial charge is 0.336 e. The number of H-pyrrole nitrogens is 2. The normalized spacial score (nSPS) is 12.5. The van der Waals surface area contributed by atoms with Gasteiger partial charge in [0.1, 0.15) is 17.2 Å². The summed E-state index contributed by atoms with van der Waals surface area (Å²) in [5.41, 5.74) is -0.129. The minimum absolute atomic E-state index is 0.146. The fourth-order valence-electron chi connectivity index (χ4n) is 3.06. The van der Waals surface area contributed by atoms with Crippen LogP contribution in [0, 0.1) is 0 Å². The average Bonchev–Trinajstić information content (AvgIpc) is 3.22. The molecule has 0 saturated carbocycles. The first-order chi connectivity index (χ1) is 13.8. The number of aromatic amines is 2. The van der Waals surface area contributed by atoms with Crippen LogP contribution in [0.5, 0.6) is 0 Å². The number of imidazole rings is 1. The van der Waals surface area contributed by atoms with Crippen molar-refractivity contribution in [3.05, 3.63) is 38.4 Å². The van der Waals surface area contributed by atoms with E-state index in [0.717, 1.165) is 5.69 Å². The summed E-state index contributed by atoms with van der Waals surface area (Å²) in [7, 11) is 1.53. The van der Waals surface area contributed by atoms with E-state index in [1.165, 1.54) is 11.6 Å². The van der Waals surface area contributed by atoms with Crippen molar-refractivity contribution in [2.45, 2.75) is 65.3 Å². The van der Waals surface area contributed by atoms with E-state index in [2.05, 4.69) is 41.0 Å². The first-order valence-corrected chi connectivity index (χ1v) is 9.86. The number of nitrogens with one attached hydrogen (secondary N) is 3. The molecule has 0 aromatic carbocycles. The summed E-state index contributed by atoms with van der Waals surface area (Å²) < 4.78 is 3.08. The second kappa shape index (κ2) is 7.26. The molecular weight excluding hydrogens is 386 g/mol. The molecule has 3 aromatic rings. The quantitative estimate of drug-likeness (QED) is 0.598. The maximum Gasteiger partial charge on any atom is 0.329 e. The summed E-state index contributed by atoms with van der Waals surface area (Å²) in [6, 6.07) is 1.90. The molecule has 0 saturated heterocycles. The Labute approximate surface area is 173 Å². The average molecular weight is 415 g/mol. The smallest absolute Gasteiger partial charge is 0.329 e. The van der Waals surface area contributed by atoms with Gasteiger partial charge in [-0.15, -0.1) is 0 Å². The van der Waals surface area contributed by atoms with Crippen LogP contribution in [-0.2, 0) is 29.2 Å². The van der Waals surface area contributed by atoms with Gasteiger partial charge in [0.15, 0.2) is 5.65 Å². The lowest BCUT2D eigenvalue weighted by molar-refractivity contribution is -0.116. The van der Waals surface area contributed by atoms with E-state index in [0.29, 0.717) is 18.1 Å². The van der Waals surface area contributed by atoms with Gasteiger partial charge in [-0.3, -0.25) is 19.1 Å². The number of nitrogens with zero attached hydrogens (tertiary/aromatic N) is 4. The van der Waals surface area contributed by atoms with E-state index in [1.807, 2.05) is 31.5 Å². The number of hydrogen-bond donors (Lipinski definition) is 3. The number of hydrogen-bond acceptors (Lipinski definition) is 5. The molecule has 0 unspecified atom stereocenters. The topological polar surface area (TPSA) is 130 Å². The molecule has 0 radical (unpaired) electrons. The monoisotopic (exact) mass is 415 g/mol. The zero-order chi connectivity index (χ0) is 22.4. The molecule has 0 aliphatic carbocycles. The van der Waals surface area contributed by atoms with Gasteiger partial charge in [0.2, 0.25) is 5.91 Å². The molecular formula is C20H29N7O3. The summed E-state index contributed by atoms with van der Waals surface area (Å²) in [4.78, 5) is 45.7. The van der Waals surface area contributed by atoms with Gasteiger partial charge in [0, 0.05) is 31.4 Å². The molecule has 3 heterocycles. The van der Waals surface area contributed by atoms with Gasteiger partial charge in [0.05, 0.1) is 11.2 Å². The van der Waals surface area contributed by atoms with E-state index in [1.54, 1.807) is 0 Å². The Kier molecular flexibility index (Phi) is 5.21. The van der Waals surface area contributed by atoms with Crippen molar-refractivity contribution in [3.8, 4) is 0 Å². The van der Waals surface area contributed by atoms with Crippen molar-refractivity contribution in [2.24, 2.45) is 7.05 Å². The van der Waals surface area contributed by atoms with Crippen LogP contribution in [0.25, 0.3) is 11.2 Å². The Morgan fingerprint density at radius 1 is 1.13 bits per heavy atom. The van der Waals surface area contributed by atoms with Crippen LogP contribution in [0.15, 0.2) is 15.7 Å². The molecule has 3 aromatic heterocycles. The second-order valence-electron chi connectivity index (χ2n) is 9.50. The van der Waals surface area contributed by atoms with Crippen molar-refractivity contribution < 1.29 is 4.79 Å². The van der Waals surface area contributed by atoms with Crippen LogP contribution < -0.4 is 16.6 Å². The lowest BCUT2D eigenvalue weighted by atomic mass is 9.92. The van der Waals surface area contributed by atoms with E-state index >= 15 is 0 Å². The highest BCUT2D eigenvalue weighted by atomic mass is 16.2. The lowest BCUT2D eigenvalue weighted by Gasteiger charge is -2.23. The van der Waals surface area contributed by atoms with Crippen molar-refractivity contribution in [1.82, 2.24) is 29.3 Å². The minimum atomic E-state index is -0.534. The number of amides is 1. The minimum Gasteiger partial charge on any atom is -0.336 e. The molecule has 0 bridgehead atoms. The molecule has 3 rings (SSSR count). The highest BCUT2D eigenvalue weighted by Gasteiger charge is 2.25. The third kappa shape index (κ3) is 4.22. The van der Waals surface area contributed by atoms with Gasteiger partial charge in [-0.2, -0.15) is 5.10 Å². The van der Waals surface area contributed by atoms with Crippen LogP contribution in [0.1, 0.15) is 59.5 Å². The van der Waals surface area contributed by atoms with Crippen molar-refractivity contribution in [3.63, 3.8) is 0 Å². The summed E-state index contributed by atoms with van der Waals surface area (Å²) in [6.07, 6.45) is 0.454. The Hall–Kier alpha value is -3.17. The van der Waals surface area contributed by atoms with Crippen molar-refractivity contribution >= 4 is 22.9 Å². The Balaban J connectivity index is 1.78. The van der Waals surface area contributed by atoms with E-state index in [9.17, 15) is 14.4 Å². The van der Waals surface area contributed by atoms with Crippen LogP contribution in [0.3, 0.4) is 0 Å². The first-order valence-electron chi connectivity index (χ1n) is 9.86. The van der Waals surface area contributed by atoms with Gasteiger partial charge in [-0.1, -0.05) is 20.8 Å². The standard InChI is InChI=1S/C20H29N7O3/c1-19(2,3)11-10-13(27(25-11)20(4,5)6)23-14(28)9-8-12-21-15-16(22-12)26(7)18(30)24-17(15)29/h10H,8-9H2,1-7H3,(H,21,22)(H,23,28)(H,24,29,30). The Morgan fingerprint density at radius 3 is 2.40 bits per heavy atom. The molecule has 10 heteroatoms. The highest BCUT2D eigenvalue weighted by molar-refractivity contribution is 5.90. The van der Waals surface area contributed by atoms with Gasteiger partial charge < -0.3 is 10.3 Å². The molecule has 0 spiro atoms. The molecule has 0 atom stereocenters. The fraction of sp³-hybridized carbons (Fsp3) is 0.550. The summed E-state index contributed by atoms with van der Waals surface area (Å²) >= 11 is 0. The number of fused-ring (bicyclic) bond motifs is 1. The number of aryl methyl sites for hydroxylation is 2. The van der Waals surface area contributed by atoms with Crippen molar-refractivity contribution in [2.75, 3.05) is 5.32 Å². The van der Waals surface area contributed by atoms with E-state index < -0.39 is 11.2 Å². The predicted molar refractivity (Wildman–Crippen MR) is 115 cm³/mol. The second-order valence-corrected chi connectivity index (χ2v) is 9.50. The SMILES string of the molecule is Cn1c(=O)[nH]c(=O)c2[nH]c(CCC(=O)Nc3cc(C(C)(C)C)nn3C(C)(C)C)nc21. The molecule has 0 fully saturated rings. The zero-order valence-electron chi connectivity index (χ0n) is 18.5. The number of carbonyl (C=O) groups is 1. The summed E-state index contributed by atoms with van der Waals surface area (Å²) in [5.74, 6) is 0.913. The number of rotatable bonds is 4. The molecule has 10 nitrogen and oxygen atoms in total. The van der Waals surface area contributed by atoms with Crippen LogP contribution in [-0.4, -0.2) is 35.2 Å². The lowest BCUT2D eigenvalue weighted by Crippen LogP contribution is -2.28. The fourth-order valence-corrected chi connectivity index (χ4v) is 3.06. The van der Waals surface area contributed by atoms with Crippen LogP contribution in [0.4, 0.5) is 5.82 Å². The van der Waals surface area contributed by atoms with E-state index in [4.69, 9.17) is 5.10 Å². The van der Waals surface area contributed by atoms with Crippen LogP contribution >= 0.6 is 0 Å². The zero-order valence-corrected chi connectivity index (χ0v) is 18.5. The van der Waals surface area contributed by atoms with Crippen LogP contribution in [0.2, 0.25) is 0 Å². The summed E-state index contributed by atoms with van der Waals surface area (Å²) in [5, 5.41) is 7.64. The maximum absolute atomic E-state index is 12.6. The molecule has 1 amide bonds. The van der Waals surface area contributed by atoms with Gasteiger partial charge in [-0.05, 0) is 20.8 Å². The number of aromatic nitrogens is 6. The third-order valence-corrected chi connectivity index (χ3v) is 4.77. The molecule has 30 heavy (non-hydrogen) atoms. The molecule has 3 N–H and O–H groups in total. The van der Waals surface area contributed by atoms with E-state index in [-0.39, 0.29) is 34.4 Å². The summed E-state index contributed by atoms with van der Waals surface area (Å²) in [6.45, 7) is 12.3. The highest BCUT2D eigenvalue weighted by Crippen LogP contribution is 2.28. The Bertz CT molecular complexity index is 1210. The molecule has 162 valence electrons. The molecule has 0 aliphatic heterocycles. The van der Waals surface area contributed by atoms with Gasteiger partial charge >= 0.3 is 5.69 Å². The Morgan fingerprint density at radius 2 is 1.80 bits per heavy atom. The predicted octanol–water partition coefficient (Wildman–Crippen LogP) is 1.77. The maximum atomic E-state index is 12.6. The first kappa shape index (κ1) is 21.5. The van der Waals surface area contributed by atoms with Gasteiger partial charge in [-0.25, -0.2) is 14.5 Å².